The van der Waals surface area contributed by atoms with E-state index in [-0.39, 0.29) is 0 Å². The summed E-state index contributed by atoms with van der Waals surface area (Å²) in [7, 11) is 0. The minimum absolute atomic E-state index is 0.368. The quantitative estimate of drug-likeness (QED) is 0.621. The molecule has 0 fully saturated rings. The van der Waals surface area contributed by atoms with Crippen molar-refractivity contribution in [2.75, 3.05) is 13.2 Å². The second-order valence-electron chi connectivity index (χ2n) is 5.31. The molecule has 0 spiro atoms. The van der Waals surface area contributed by atoms with Gasteiger partial charge in [0.15, 0.2) is 0 Å². The van der Waals surface area contributed by atoms with Gasteiger partial charge in [0.1, 0.15) is 29.7 Å². The van der Waals surface area contributed by atoms with Gasteiger partial charge in [-0.1, -0.05) is 50.3 Å². The summed E-state index contributed by atoms with van der Waals surface area (Å²) in [5.41, 5.74) is 7.71. The molecule has 2 N–H and O–H groups in total. The summed E-state index contributed by atoms with van der Waals surface area (Å²) in [6, 6.07) is 15.6. The van der Waals surface area contributed by atoms with Crippen LogP contribution in [0.3, 0.4) is 0 Å². The molecular weight excluding hydrogens is 294 g/mol. The zero-order valence-electron chi connectivity index (χ0n) is 12.9. The van der Waals surface area contributed by atoms with Crippen LogP contribution in [0.2, 0.25) is 0 Å². The Kier molecular flexibility index (Phi) is 5.78. The molecule has 2 rings (SSSR count). The van der Waals surface area contributed by atoms with E-state index in [2.05, 4.69) is 26.0 Å². The molecule has 0 amide bonds. The number of hydrogen-bond donors (Lipinski definition) is 1. The minimum atomic E-state index is 0.368. The molecule has 3 nitrogen and oxygen atoms in total. The Labute approximate surface area is 137 Å². The third-order valence-electron chi connectivity index (χ3n) is 3.29. The summed E-state index contributed by atoms with van der Waals surface area (Å²) in [6.07, 6.45) is 0. The molecule has 0 heterocycles. The Morgan fingerprint density at radius 3 is 2.23 bits per heavy atom. The predicted molar refractivity (Wildman–Crippen MR) is 93.9 cm³/mol. The maximum atomic E-state index is 5.66. The first-order chi connectivity index (χ1) is 10.6. The molecule has 4 heteroatoms. The van der Waals surface area contributed by atoms with Crippen molar-refractivity contribution in [3.63, 3.8) is 0 Å². The van der Waals surface area contributed by atoms with Gasteiger partial charge in [0, 0.05) is 5.56 Å². The predicted octanol–water partition coefficient (Wildman–Crippen LogP) is 3.90. The van der Waals surface area contributed by atoms with Crippen LogP contribution in [-0.4, -0.2) is 18.2 Å². The van der Waals surface area contributed by atoms with E-state index < -0.39 is 0 Å². The van der Waals surface area contributed by atoms with Crippen molar-refractivity contribution in [1.29, 1.82) is 0 Å². The van der Waals surface area contributed by atoms with Crippen LogP contribution >= 0.6 is 12.2 Å². The van der Waals surface area contributed by atoms with E-state index in [1.165, 1.54) is 5.56 Å². The maximum Gasteiger partial charge on any atom is 0.122 e. The van der Waals surface area contributed by atoms with Gasteiger partial charge in [0.2, 0.25) is 0 Å². The average Bonchev–Trinajstić information content (AvgIpc) is 2.52. The average molecular weight is 315 g/mol. The molecule has 22 heavy (non-hydrogen) atoms. The van der Waals surface area contributed by atoms with Crippen LogP contribution < -0.4 is 15.2 Å². The van der Waals surface area contributed by atoms with Gasteiger partial charge < -0.3 is 15.2 Å². The van der Waals surface area contributed by atoms with Crippen LogP contribution in [0.4, 0.5) is 0 Å². The van der Waals surface area contributed by atoms with Crippen molar-refractivity contribution in [3.8, 4) is 11.5 Å². The van der Waals surface area contributed by atoms with Crippen LogP contribution in [0.5, 0.6) is 11.5 Å². The summed E-state index contributed by atoms with van der Waals surface area (Å²) in [5.74, 6) is 2.12. The lowest BCUT2D eigenvalue weighted by Gasteiger charge is -2.10. The van der Waals surface area contributed by atoms with Crippen molar-refractivity contribution in [3.05, 3.63) is 59.7 Å². The molecule has 0 saturated carbocycles. The van der Waals surface area contributed by atoms with Crippen LogP contribution in [0.25, 0.3) is 0 Å². The maximum absolute atomic E-state index is 5.66. The molecule has 0 bridgehead atoms. The number of hydrogen-bond acceptors (Lipinski definition) is 3. The first-order valence-electron chi connectivity index (χ1n) is 7.31. The van der Waals surface area contributed by atoms with Gasteiger partial charge in [0.25, 0.3) is 0 Å². The number of ether oxygens (including phenoxy) is 2. The molecule has 0 aromatic heterocycles. The van der Waals surface area contributed by atoms with Gasteiger partial charge in [-0.3, -0.25) is 0 Å². The van der Waals surface area contributed by atoms with Crippen molar-refractivity contribution in [1.82, 2.24) is 0 Å². The highest BCUT2D eigenvalue weighted by atomic mass is 32.1. The lowest BCUT2D eigenvalue weighted by molar-refractivity contribution is 0.217. The van der Waals surface area contributed by atoms with E-state index in [1.807, 2.05) is 36.4 Å². The Balaban J connectivity index is 1.79. The van der Waals surface area contributed by atoms with Gasteiger partial charge in [-0.05, 0) is 35.7 Å². The van der Waals surface area contributed by atoms with Crippen LogP contribution in [0.1, 0.15) is 30.9 Å². The third kappa shape index (κ3) is 4.74. The van der Waals surface area contributed by atoms with Gasteiger partial charge in [-0.25, -0.2) is 0 Å². The van der Waals surface area contributed by atoms with E-state index in [0.717, 1.165) is 17.1 Å². The highest BCUT2D eigenvalue weighted by molar-refractivity contribution is 7.80. The Hall–Kier alpha value is -2.07. The minimum Gasteiger partial charge on any atom is -0.490 e. The number of thiocarbonyl (C=S) groups is 1. The molecule has 116 valence electrons. The van der Waals surface area contributed by atoms with Gasteiger partial charge in [0.05, 0.1) is 0 Å². The molecule has 0 atom stereocenters. The molecule has 0 aliphatic carbocycles. The fourth-order valence-corrected chi connectivity index (χ4v) is 2.13. The fourth-order valence-electron chi connectivity index (χ4n) is 2.01. The molecular formula is C18H21NO2S. The standard InChI is InChI=1S/C18H21NO2S/c1-13(2)14-6-8-16(9-7-14)20-10-11-21-17-5-3-4-15(12-17)18(19)22/h3-9,12-13H,10-11H2,1-2H3,(H2,19,22). The molecule has 2 aromatic rings. The Bertz CT molecular complexity index is 623. The monoisotopic (exact) mass is 315 g/mol. The normalized spacial score (nSPS) is 10.5. The summed E-state index contributed by atoms with van der Waals surface area (Å²) in [6.45, 7) is 5.29. The third-order valence-corrected chi connectivity index (χ3v) is 3.52. The first-order valence-corrected chi connectivity index (χ1v) is 7.72. The highest BCUT2D eigenvalue weighted by Gasteiger charge is 2.01. The van der Waals surface area contributed by atoms with E-state index in [0.29, 0.717) is 24.1 Å². The topological polar surface area (TPSA) is 44.5 Å². The highest BCUT2D eigenvalue weighted by Crippen LogP contribution is 2.18. The van der Waals surface area contributed by atoms with Gasteiger partial charge >= 0.3 is 0 Å². The lowest BCUT2D eigenvalue weighted by atomic mass is 10.0. The van der Waals surface area contributed by atoms with Crippen molar-refractivity contribution in [2.45, 2.75) is 19.8 Å². The van der Waals surface area contributed by atoms with E-state index in [9.17, 15) is 0 Å². The molecule has 2 aromatic carbocycles. The summed E-state index contributed by atoms with van der Waals surface area (Å²) < 4.78 is 11.3. The van der Waals surface area contributed by atoms with Crippen LogP contribution in [-0.2, 0) is 0 Å². The second-order valence-corrected chi connectivity index (χ2v) is 5.75. The number of rotatable bonds is 7. The van der Waals surface area contributed by atoms with Crippen LogP contribution in [0, 0.1) is 0 Å². The largest absolute Gasteiger partial charge is 0.490 e. The number of nitrogens with two attached hydrogens (primary N) is 1. The van der Waals surface area contributed by atoms with E-state index in [4.69, 9.17) is 27.4 Å². The zero-order valence-corrected chi connectivity index (χ0v) is 13.7. The first kappa shape index (κ1) is 16.3. The van der Waals surface area contributed by atoms with Crippen molar-refractivity contribution in [2.24, 2.45) is 5.73 Å². The fraction of sp³-hybridized carbons (Fsp3) is 0.278. The van der Waals surface area contributed by atoms with Crippen molar-refractivity contribution < 1.29 is 9.47 Å². The van der Waals surface area contributed by atoms with Gasteiger partial charge in [-0.15, -0.1) is 0 Å². The number of benzene rings is 2. The van der Waals surface area contributed by atoms with E-state index >= 15 is 0 Å². The summed E-state index contributed by atoms with van der Waals surface area (Å²) in [5, 5.41) is 0. The molecule has 0 radical (unpaired) electrons. The van der Waals surface area contributed by atoms with Crippen LogP contribution in [0.15, 0.2) is 48.5 Å². The van der Waals surface area contributed by atoms with Crippen molar-refractivity contribution >= 4 is 17.2 Å². The summed E-state index contributed by atoms with van der Waals surface area (Å²) >= 11 is 4.95. The molecule has 0 unspecified atom stereocenters. The SMILES string of the molecule is CC(C)c1ccc(OCCOc2cccc(C(N)=S)c2)cc1. The molecule has 0 saturated heterocycles. The lowest BCUT2D eigenvalue weighted by Crippen LogP contribution is -2.11. The van der Waals surface area contributed by atoms with Gasteiger partial charge in [-0.2, -0.15) is 0 Å². The Morgan fingerprint density at radius 2 is 1.64 bits per heavy atom. The summed E-state index contributed by atoms with van der Waals surface area (Å²) in [4.78, 5) is 0.368. The smallest absolute Gasteiger partial charge is 0.122 e. The van der Waals surface area contributed by atoms with E-state index in [1.54, 1.807) is 0 Å². The Morgan fingerprint density at radius 1 is 1.00 bits per heavy atom. The molecule has 0 aliphatic rings. The second kappa shape index (κ2) is 7.80. The zero-order chi connectivity index (χ0) is 15.9. The molecule has 0 aliphatic heterocycles.